The molecule has 2 heterocycles. The van der Waals surface area contributed by atoms with Gasteiger partial charge < -0.3 is 9.64 Å². The maximum absolute atomic E-state index is 12.5. The first-order chi connectivity index (χ1) is 15.6. The molecule has 1 saturated heterocycles. The molecule has 1 aliphatic heterocycles. The van der Waals surface area contributed by atoms with Gasteiger partial charge in [-0.15, -0.1) is 0 Å². The highest BCUT2D eigenvalue weighted by atomic mass is 16.6. The van der Waals surface area contributed by atoms with Crippen LogP contribution in [0.25, 0.3) is 11.1 Å². The molecule has 6 heteroatoms. The van der Waals surface area contributed by atoms with Gasteiger partial charge in [0.25, 0.3) is 0 Å². The van der Waals surface area contributed by atoms with Crippen molar-refractivity contribution in [2.75, 3.05) is 23.3 Å². The number of nitrogens with zero attached hydrogens (tertiary/aromatic N) is 3. The fourth-order valence-corrected chi connectivity index (χ4v) is 3.95. The highest BCUT2D eigenvalue weighted by Gasteiger charge is 2.13. The second-order valence-corrected chi connectivity index (χ2v) is 7.94. The molecule has 0 atom stereocenters. The third-order valence-electron chi connectivity index (χ3n) is 5.74. The molecular formula is C26H26N4O2. The average Bonchev–Trinajstić information content (AvgIpc) is 3.11. The van der Waals surface area contributed by atoms with Crippen LogP contribution < -0.4 is 15.0 Å². The smallest absolute Gasteiger partial charge is 0.410 e. The Balaban J connectivity index is 1.42. The fourth-order valence-electron chi connectivity index (χ4n) is 3.95. The maximum atomic E-state index is 12.5. The van der Waals surface area contributed by atoms with Crippen LogP contribution in [0.5, 0.6) is 5.75 Å². The van der Waals surface area contributed by atoms with E-state index in [2.05, 4.69) is 21.3 Å². The lowest BCUT2D eigenvalue weighted by Crippen LogP contribution is -2.25. The van der Waals surface area contributed by atoms with Gasteiger partial charge in [-0.3, -0.25) is 5.32 Å². The molecule has 0 bridgehead atoms. The van der Waals surface area contributed by atoms with Crippen LogP contribution in [-0.4, -0.2) is 24.2 Å². The van der Waals surface area contributed by atoms with Gasteiger partial charge in [-0.2, -0.15) is 5.26 Å². The molecule has 4 rings (SSSR count). The summed E-state index contributed by atoms with van der Waals surface area (Å²) in [5.41, 5.74) is 3.95. The van der Waals surface area contributed by atoms with Crippen LogP contribution in [0.3, 0.4) is 0 Å². The molecule has 3 aromatic rings. The molecule has 1 N–H and O–H groups in total. The summed E-state index contributed by atoms with van der Waals surface area (Å²) in [5.74, 6) is 1.43. The zero-order valence-corrected chi connectivity index (χ0v) is 18.2. The number of amides is 1. The molecule has 0 unspecified atom stereocenters. The van der Waals surface area contributed by atoms with Gasteiger partial charge in [-0.1, -0.05) is 37.1 Å². The van der Waals surface area contributed by atoms with Crippen LogP contribution >= 0.6 is 0 Å². The van der Waals surface area contributed by atoms with Crippen molar-refractivity contribution < 1.29 is 9.53 Å². The van der Waals surface area contributed by atoms with Gasteiger partial charge in [0.1, 0.15) is 11.6 Å². The molecule has 0 saturated carbocycles. The zero-order valence-electron chi connectivity index (χ0n) is 18.2. The van der Waals surface area contributed by atoms with Crippen molar-refractivity contribution >= 4 is 17.6 Å². The van der Waals surface area contributed by atoms with Gasteiger partial charge in [0.2, 0.25) is 0 Å². The lowest BCUT2D eigenvalue weighted by Gasteiger charge is -2.21. The van der Waals surface area contributed by atoms with E-state index in [0.29, 0.717) is 17.0 Å². The lowest BCUT2D eigenvalue weighted by molar-refractivity contribution is 0.215. The maximum Gasteiger partial charge on any atom is 0.417 e. The highest BCUT2D eigenvalue weighted by molar-refractivity contribution is 5.87. The number of pyridine rings is 1. The van der Waals surface area contributed by atoms with E-state index >= 15 is 0 Å². The number of nitrogens with one attached hydrogen (secondary N) is 1. The Morgan fingerprint density at radius 2 is 1.78 bits per heavy atom. The Bertz CT molecular complexity index is 1110. The van der Waals surface area contributed by atoms with E-state index in [-0.39, 0.29) is 0 Å². The molecule has 0 spiro atoms. The van der Waals surface area contributed by atoms with Crippen LogP contribution in [0.1, 0.15) is 36.8 Å². The Hall–Kier alpha value is -3.85. The first-order valence-electron chi connectivity index (χ1n) is 10.9. The Labute approximate surface area is 188 Å². The largest absolute Gasteiger partial charge is 0.417 e. The quantitative estimate of drug-likeness (QED) is 0.560. The van der Waals surface area contributed by atoms with Crippen LogP contribution in [0.2, 0.25) is 0 Å². The summed E-state index contributed by atoms with van der Waals surface area (Å²) < 4.78 is 5.58. The van der Waals surface area contributed by atoms with Crippen LogP contribution in [0.4, 0.5) is 16.3 Å². The summed E-state index contributed by atoms with van der Waals surface area (Å²) in [6.45, 7) is 3.96. The minimum absolute atomic E-state index is 0.485. The summed E-state index contributed by atoms with van der Waals surface area (Å²) in [6.07, 6.45) is 6.03. The number of hydrogen-bond acceptors (Lipinski definition) is 5. The predicted molar refractivity (Wildman–Crippen MR) is 126 cm³/mol. The van der Waals surface area contributed by atoms with Crippen molar-refractivity contribution in [3.8, 4) is 22.9 Å². The van der Waals surface area contributed by atoms with E-state index in [0.717, 1.165) is 35.6 Å². The number of ether oxygens (including phenoxy) is 1. The standard InChI is InChI=1S/C26H26N4O2/c1-19-23(21-11-9-20(17-27)10-12-21)7-6-8-24(19)32-26(31)29-22-13-14-25(28-18-22)30-15-4-2-3-5-16-30/h6-14,18H,2-5,15-16H2,1H3,(H,29,31). The number of aromatic nitrogens is 1. The number of hydrogen-bond donors (Lipinski definition) is 1. The second kappa shape index (κ2) is 9.97. The fraction of sp³-hybridized carbons (Fsp3) is 0.269. The Kier molecular flexibility index (Phi) is 6.66. The van der Waals surface area contributed by atoms with E-state index in [9.17, 15) is 4.79 Å². The first kappa shape index (κ1) is 21.4. The molecule has 6 nitrogen and oxygen atoms in total. The van der Waals surface area contributed by atoms with Gasteiger partial charge in [-0.25, -0.2) is 9.78 Å². The summed E-state index contributed by atoms with van der Waals surface area (Å²) in [5, 5.41) is 11.7. The van der Waals surface area contributed by atoms with Gasteiger partial charge in [0, 0.05) is 13.1 Å². The monoisotopic (exact) mass is 426 g/mol. The van der Waals surface area contributed by atoms with Crippen LogP contribution in [0.15, 0.2) is 60.8 Å². The van der Waals surface area contributed by atoms with E-state index in [1.165, 1.54) is 25.7 Å². The predicted octanol–water partition coefficient (Wildman–Crippen LogP) is 5.92. The SMILES string of the molecule is Cc1c(OC(=O)Nc2ccc(N3CCCCCC3)nc2)cccc1-c1ccc(C#N)cc1. The normalized spacial score (nSPS) is 13.7. The molecule has 1 aliphatic rings. The van der Waals surface area contributed by atoms with Crippen LogP contribution in [0, 0.1) is 18.3 Å². The highest BCUT2D eigenvalue weighted by Crippen LogP contribution is 2.30. The summed E-state index contributed by atoms with van der Waals surface area (Å²) in [6, 6.07) is 18.8. The Morgan fingerprint density at radius 1 is 1.03 bits per heavy atom. The van der Waals surface area contributed by atoms with E-state index in [1.54, 1.807) is 24.4 Å². The number of rotatable bonds is 4. The Morgan fingerprint density at radius 3 is 2.44 bits per heavy atom. The summed E-state index contributed by atoms with van der Waals surface area (Å²) in [4.78, 5) is 19.3. The number of nitriles is 1. The van der Waals surface area contributed by atoms with E-state index in [1.807, 2.05) is 43.3 Å². The van der Waals surface area contributed by atoms with Crippen LogP contribution in [-0.2, 0) is 0 Å². The lowest BCUT2D eigenvalue weighted by atomic mass is 9.99. The number of benzene rings is 2. The summed E-state index contributed by atoms with van der Waals surface area (Å²) >= 11 is 0. The topological polar surface area (TPSA) is 78.2 Å². The van der Waals surface area contributed by atoms with Crippen molar-refractivity contribution in [2.45, 2.75) is 32.6 Å². The number of carbonyl (C=O) groups excluding carboxylic acids is 1. The summed E-state index contributed by atoms with van der Waals surface area (Å²) in [7, 11) is 0. The van der Waals surface area contributed by atoms with E-state index in [4.69, 9.17) is 10.00 Å². The molecule has 1 amide bonds. The molecule has 1 fully saturated rings. The minimum atomic E-state index is -0.561. The van der Waals surface area contributed by atoms with Gasteiger partial charge >= 0.3 is 6.09 Å². The van der Waals surface area contributed by atoms with Crippen molar-refractivity contribution in [1.29, 1.82) is 5.26 Å². The van der Waals surface area contributed by atoms with Crippen molar-refractivity contribution in [3.63, 3.8) is 0 Å². The van der Waals surface area contributed by atoms with Gasteiger partial charge in [0.05, 0.1) is 23.5 Å². The molecule has 1 aromatic heterocycles. The zero-order chi connectivity index (χ0) is 22.3. The molecule has 0 radical (unpaired) electrons. The van der Waals surface area contributed by atoms with Crippen molar-refractivity contribution in [1.82, 2.24) is 4.98 Å². The van der Waals surface area contributed by atoms with Gasteiger partial charge in [-0.05, 0) is 66.8 Å². The number of anilines is 2. The van der Waals surface area contributed by atoms with Gasteiger partial charge in [0.15, 0.2) is 0 Å². The molecule has 2 aromatic carbocycles. The molecule has 32 heavy (non-hydrogen) atoms. The van der Waals surface area contributed by atoms with Crippen molar-refractivity contribution in [2.24, 2.45) is 0 Å². The van der Waals surface area contributed by atoms with E-state index < -0.39 is 6.09 Å². The third kappa shape index (κ3) is 5.06. The molecule has 0 aliphatic carbocycles. The molecular weight excluding hydrogens is 400 g/mol. The third-order valence-corrected chi connectivity index (χ3v) is 5.74. The molecule has 162 valence electrons. The first-order valence-corrected chi connectivity index (χ1v) is 10.9. The average molecular weight is 427 g/mol. The minimum Gasteiger partial charge on any atom is -0.410 e. The van der Waals surface area contributed by atoms with Crippen molar-refractivity contribution in [3.05, 3.63) is 71.9 Å². The second-order valence-electron chi connectivity index (χ2n) is 7.94. The number of carbonyl (C=O) groups is 1.